The number of aromatic nitrogens is 2. The molecule has 160 valence electrons. The van der Waals surface area contributed by atoms with Crippen molar-refractivity contribution in [2.45, 2.75) is 39.2 Å². The normalized spacial score (nSPS) is 12.9. The molecule has 0 saturated carbocycles. The predicted octanol–water partition coefficient (Wildman–Crippen LogP) is 6.08. The van der Waals surface area contributed by atoms with Gasteiger partial charge in [-0.1, -0.05) is 55.6 Å². The van der Waals surface area contributed by atoms with Crippen LogP contribution in [-0.2, 0) is 5.41 Å². The molecule has 0 radical (unpaired) electrons. The summed E-state index contributed by atoms with van der Waals surface area (Å²) in [4.78, 5) is 16.3. The van der Waals surface area contributed by atoms with Crippen LogP contribution in [0.2, 0.25) is 15.2 Å². The van der Waals surface area contributed by atoms with Gasteiger partial charge in [-0.2, -0.15) is 0 Å². The molecule has 4 N–H and O–H groups in total. The van der Waals surface area contributed by atoms with Crippen LogP contribution in [0.15, 0.2) is 18.2 Å². The Labute approximate surface area is 187 Å². The molecule has 10 heteroatoms. The van der Waals surface area contributed by atoms with E-state index in [1.54, 1.807) is 13.0 Å². The third-order valence-corrected chi connectivity index (χ3v) is 5.64. The highest BCUT2D eigenvalue weighted by Crippen LogP contribution is 2.42. The van der Waals surface area contributed by atoms with E-state index in [1.807, 2.05) is 20.8 Å². The molecule has 0 spiro atoms. The zero-order chi connectivity index (χ0) is 22.5. The second-order valence-corrected chi connectivity index (χ2v) is 8.99. The number of nitrogens with zero attached hydrogens (tertiary/aromatic N) is 2. The van der Waals surface area contributed by atoms with E-state index in [1.165, 1.54) is 16.7 Å². The van der Waals surface area contributed by atoms with E-state index in [9.17, 15) is 9.18 Å². The lowest BCUT2D eigenvalue weighted by Crippen LogP contribution is -2.27. The van der Waals surface area contributed by atoms with Gasteiger partial charge in [-0.25, -0.2) is 14.2 Å². The van der Waals surface area contributed by atoms with Gasteiger partial charge in [0.25, 0.3) is 0 Å². The van der Waals surface area contributed by atoms with Gasteiger partial charge in [0.15, 0.2) is 16.7 Å². The van der Waals surface area contributed by atoms with Crippen LogP contribution in [0.25, 0.3) is 10.9 Å². The van der Waals surface area contributed by atoms with E-state index in [0.717, 1.165) is 0 Å². The maximum Gasteiger partial charge on any atom is 0.323 e. The first-order valence-electron chi connectivity index (χ1n) is 8.95. The van der Waals surface area contributed by atoms with E-state index in [0.29, 0.717) is 11.1 Å². The molecule has 0 aliphatic carbocycles. The summed E-state index contributed by atoms with van der Waals surface area (Å²) in [6.07, 6.45) is -0.788. The number of nitrogens with two attached hydrogens (primary N) is 2. The monoisotopic (exact) mass is 472 g/mol. The Hall–Kier alpha value is -2.22. The number of nitrogen functional groups attached to an aromatic ring is 1. The number of ether oxygens (including phenoxy) is 1. The fourth-order valence-corrected chi connectivity index (χ4v) is 4.25. The van der Waals surface area contributed by atoms with E-state index in [4.69, 9.17) is 51.0 Å². The summed E-state index contributed by atoms with van der Waals surface area (Å²) in [5.41, 5.74) is 12.4. The third kappa shape index (κ3) is 3.77. The van der Waals surface area contributed by atoms with Crippen molar-refractivity contribution in [3.05, 3.63) is 50.5 Å². The smallest absolute Gasteiger partial charge is 0.323 e. The fourth-order valence-electron chi connectivity index (χ4n) is 3.29. The molecule has 0 saturated heterocycles. The van der Waals surface area contributed by atoms with Crippen LogP contribution in [0.4, 0.5) is 15.0 Å². The highest BCUT2D eigenvalue weighted by atomic mass is 35.5. The van der Waals surface area contributed by atoms with Crippen LogP contribution < -0.4 is 16.2 Å². The van der Waals surface area contributed by atoms with Crippen molar-refractivity contribution in [2.24, 2.45) is 5.73 Å². The van der Waals surface area contributed by atoms with Crippen molar-refractivity contribution in [3.8, 4) is 5.75 Å². The average molecular weight is 474 g/mol. The number of primary amides is 1. The molecule has 0 aliphatic heterocycles. The molecule has 2 heterocycles. The van der Waals surface area contributed by atoms with Crippen molar-refractivity contribution in [2.75, 3.05) is 5.73 Å². The molecular formula is C20H20Cl3FN4O2. The fraction of sp³-hybridized carbons (Fsp3) is 0.300. The molecule has 30 heavy (non-hydrogen) atoms. The summed E-state index contributed by atoms with van der Waals surface area (Å²) < 4.78 is 21.3. The number of halogens is 4. The van der Waals surface area contributed by atoms with Crippen LogP contribution >= 0.6 is 34.8 Å². The van der Waals surface area contributed by atoms with Crippen LogP contribution in [0.5, 0.6) is 5.75 Å². The molecule has 0 unspecified atom stereocenters. The highest BCUT2D eigenvalue weighted by Gasteiger charge is 2.29. The van der Waals surface area contributed by atoms with Gasteiger partial charge in [-0.3, -0.25) is 4.57 Å². The number of carbonyl (C=O) groups excluding carboxylic acids is 1. The number of pyridine rings is 1. The molecule has 6 nitrogen and oxygen atoms in total. The SMILES string of the molecule is C[C@@H](Oc1c(N)nc(Cl)c2c1cc(C(C)(C)C)n2C(N)=O)c1c(Cl)ccc(F)c1Cl. The summed E-state index contributed by atoms with van der Waals surface area (Å²) in [6, 6.07) is 3.55. The van der Waals surface area contributed by atoms with Crippen LogP contribution in [0.3, 0.4) is 0 Å². The molecule has 1 amide bonds. The molecular weight excluding hydrogens is 454 g/mol. The number of fused-ring (bicyclic) bond motifs is 1. The Morgan fingerprint density at radius 2 is 1.90 bits per heavy atom. The minimum atomic E-state index is -0.788. The Morgan fingerprint density at radius 3 is 2.47 bits per heavy atom. The van der Waals surface area contributed by atoms with Crippen LogP contribution in [0.1, 0.15) is 45.1 Å². The Morgan fingerprint density at radius 1 is 1.27 bits per heavy atom. The first kappa shape index (κ1) is 22.5. The van der Waals surface area contributed by atoms with Crippen molar-refractivity contribution in [1.29, 1.82) is 0 Å². The number of benzene rings is 1. The van der Waals surface area contributed by atoms with Gasteiger partial charge in [0, 0.05) is 27.1 Å². The lowest BCUT2D eigenvalue weighted by Gasteiger charge is -2.20. The van der Waals surface area contributed by atoms with E-state index >= 15 is 0 Å². The number of amides is 1. The second-order valence-electron chi connectivity index (χ2n) is 7.85. The second kappa shape index (κ2) is 7.80. The first-order valence-corrected chi connectivity index (χ1v) is 10.1. The predicted molar refractivity (Wildman–Crippen MR) is 118 cm³/mol. The minimum absolute atomic E-state index is 0.00127. The summed E-state index contributed by atoms with van der Waals surface area (Å²) in [6.45, 7) is 7.39. The largest absolute Gasteiger partial charge is 0.481 e. The van der Waals surface area contributed by atoms with Crippen molar-refractivity contribution < 1.29 is 13.9 Å². The summed E-state index contributed by atoms with van der Waals surface area (Å²) in [5.74, 6) is -0.484. The van der Waals surface area contributed by atoms with E-state index in [2.05, 4.69) is 4.98 Å². The maximum absolute atomic E-state index is 14.0. The summed E-state index contributed by atoms with van der Waals surface area (Å²) >= 11 is 18.6. The number of anilines is 1. The molecule has 3 aromatic rings. The summed E-state index contributed by atoms with van der Waals surface area (Å²) in [7, 11) is 0. The number of hydrogen-bond acceptors (Lipinski definition) is 4. The minimum Gasteiger partial charge on any atom is -0.481 e. The van der Waals surface area contributed by atoms with Crippen LogP contribution in [-0.4, -0.2) is 15.6 Å². The summed E-state index contributed by atoms with van der Waals surface area (Å²) in [5, 5.41) is 0.512. The Balaban J connectivity index is 2.25. The molecule has 0 aliphatic rings. The zero-order valence-corrected chi connectivity index (χ0v) is 19.0. The molecule has 2 aromatic heterocycles. The third-order valence-electron chi connectivity index (χ3n) is 4.66. The zero-order valence-electron chi connectivity index (χ0n) is 16.7. The van der Waals surface area contributed by atoms with Crippen molar-refractivity contribution in [3.63, 3.8) is 0 Å². The molecule has 1 aromatic carbocycles. The van der Waals surface area contributed by atoms with Gasteiger partial charge in [-0.15, -0.1) is 0 Å². The quantitative estimate of drug-likeness (QED) is 0.356. The molecule has 0 bridgehead atoms. The highest BCUT2D eigenvalue weighted by molar-refractivity contribution is 6.36. The first-order chi connectivity index (χ1) is 13.8. The Kier molecular flexibility index (Phi) is 5.84. The van der Waals surface area contributed by atoms with Gasteiger partial charge in [0.2, 0.25) is 0 Å². The number of carbonyl (C=O) groups is 1. The average Bonchev–Trinajstić information content (AvgIpc) is 3.04. The number of hydrogen-bond donors (Lipinski definition) is 2. The van der Waals surface area contributed by atoms with Crippen molar-refractivity contribution >= 4 is 57.6 Å². The van der Waals surface area contributed by atoms with Gasteiger partial charge < -0.3 is 16.2 Å². The molecule has 3 rings (SSSR count). The van der Waals surface area contributed by atoms with Gasteiger partial charge in [-0.05, 0) is 25.1 Å². The van der Waals surface area contributed by atoms with Gasteiger partial charge in [0.1, 0.15) is 11.9 Å². The lowest BCUT2D eigenvalue weighted by atomic mass is 9.92. The van der Waals surface area contributed by atoms with Gasteiger partial charge in [0.05, 0.1) is 10.5 Å². The Bertz CT molecular complexity index is 1170. The molecule has 1 atom stereocenters. The van der Waals surface area contributed by atoms with Gasteiger partial charge >= 0.3 is 6.03 Å². The molecule has 0 fully saturated rings. The lowest BCUT2D eigenvalue weighted by molar-refractivity contribution is 0.230. The standard InChI is InChI=1S/C20H20Cl3FN4O2/c1-8(13-10(21)5-6-11(24)14(13)22)30-16-9-7-12(20(2,3)4)28(19(26)29)15(9)17(23)27-18(16)25/h5-8H,1-4H3,(H2,25,27)(H2,26,29)/t8-/m1/s1. The maximum atomic E-state index is 14.0. The van der Waals surface area contributed by atoms with Crippen LogP contribution in [0, 0.1) is 5.82 Å². The van der Waals surface area contributed by atoms with E-state index in [-0.39, 0.29) is 37.8 Å². The topological polar surface area (TPSA) is 96.2 Å². The van der Waals surface area contributed by atoms with E-state index < -0.39 is 23.4 Å². The van der Waals surface area contributed by atoms with Crippen molar-refractivity contribution in [1.82, 2.24) is 9.55 Å². The number of rotatable bonds is 3.